The average Bonchev–Trinajstić information content (AvgIpc) is 3.23. The van der Waals surface area contributed by atoms with Gasteiger partial charge in [-0.2, -0.15) is 0 Å². The molecule has 0 aliphatic carbocycles. The maximum absolute atomic E-state index is 12.4. The fourth-order valence-electron chi connectivity index (χ4n) is 8.13. The first kappa shape index (κ1) is 56.6. The van der Waals surface area contributed by atoms with Crippen molar-refractivity contribution in [3.05, 3.63) is 36.5 Å². The molecule has 342 valence electrons. The summed E-state index contributed by atoms with van der Waals surface area (Å²) in [5.74, 6) is -0.0286. The largest absolute Gasteiger partial charge is 0.394 e. The third kappa shape index (κ3) is 45.7. The Morgan fingerprint density at radius 3 is 1.05 bits per heavy atom. The monoisotopic (exact) mass is 814 g/mol. The van der Waals surface area contributed by atoms with E-state index in [4.69, 9.17) is 0 Å². The molecular formula is C54H103NO3. The zero-order valence-electron chi connectivity index (χ0n) is 39.3. The van der Waals surface area contributed by atoms with Gasteiger partial charge in [0.25, 0.3) is 0 Å². The van der Waals surface area contributed by atoms with Gasteiger partial charge in [-0.05, 0) is 51.4 Å². The van der Waals surface area contributed by atoms with Crippen LogP contribution in [0.2, 0.25) is 0 Å². The van der Waals surface area contributed by atoms with E-state index in [9.17, 15) is 15.0 Å². The van der Waals surface area contributed by atoms with Crippen LogP contribution in [0, 0.1) is 0 Å². The molecule has 3 N–H and O–H groups in total. The second-order valence-electron chi connectivity index (χ2n) is 17.9. The predicted octanol–water partition coefficient (Wildman–Crippen LogP) is 16.9. The highest BCUT2D eigenvalue weighted by Crippen LogP contribution is 2.17. The fourth-order valence-corrected chi connectivity index (χ4v) is 8.13. The highest BCUT2D eigenvalue weighted by molar-refractivity contribution is 5.76. The fraction of sp³-hybridized carbons (Fsp3) is 0.870. The Bertz CT molecular complexity index is 882. The highest BCUT2D eigenvalue weighted by Gasteiger charge is 2.20. The molecule has 0 rings (SSSR count). The number of unbranched alkanes of at least 4 members (excludes halogenated alkanes) is 35. The number of aliphatic hydroxyl groups excluding tert-OH is 2. The number of aliphatic hydroxyl groups is 2. The van der Waals surface area contributed by atoms with Gasteiger partial charge in [0.2, 0.25) is 5.91 Å². The van der Waals surface area contributed by atoms with E-state index in [2.05, 4.69) is 55.6 Å². The number of nitrogens with one attached hydrogen (secondary N) is 1. The highest BCUT2D eigenvalue weighted by atomic mass is 16.3. The molecule has 0 heterocycles. The van der Waals surface area contributed by atoms with E-state index in [1.54, 1.807) is 0 Å². The van der Waals surface area contributed by atoms with Crippen LogP contribution in [0.15, 0.2) is 36.5 Å². The van der Waals surface area contributed by atoms with Gasteiger partial charge in [0, 0.05) is 6.42 Å². The first-order valence-electron chi connectivity index (χ1n) is 26.2. The molecule has 58 heavy (non-hydrogen) atoms. The van der Waals surface area contributed by atoms with Crippen molar-refractivity contribution < 1.29 is 15.0 Å². The summed E-state index contributed by atoms with van der Waals surface area (Å²) in [6, 6.07) is -0.534. The quantitative estimate of drug-likeness (QED) is 0.0423. The van der Waals surface area contributed by atoms with Crippen LogP contribution in [-0.2, 0) is 4.79 Å². The maximum atomic E-state index is 12.4. The Hall–Kier alpha value is -1.39. The van der Waals surface area contributed by atoms with Crippen LogP contribution in [0.4, 0.5) is 0 Å². The molecule has 4 nitrogen and oxygen atoms in total. The predicted molar refractivity (Wildman–Crippen MR) is 258 cm³/mol. The van der Waals surface area contributed by atoms with E-state index in [-0.39, 0.29) is 12.5 Å². The third-order valence-corrected chi connectivity index (χ3v) is 12.2. The molecule has 0 radical (unpaired) electrons. The van der Waals surface area contributed by atoms with Gasteiger partial charge >= 0.3 is 0 Å². The number of rotatable bonds is 48. The Morgan fingerprint density at radius 1 is 0.414 bits per heavy atom. The summed E-state index contributed by atoms with van der Waals surface area (Å²) in [5.41, 5.74) is 0. The number of hydrogen-bond donors (Lipinski definition) is 3. The molecule has 0 aromatic rings. The second kappa shape index (κ2) is 50.0. The molecule has 0 aromatic carbocycles. The zero-order valence-corrected chi connectivity index (χ0v) is 39.3. The lowest BCUT2D eigenvalue weighted by Gasteiger charge is -2.22. The summed E-state index contributed by atoms with van der Waals surface area (Å²) in [6.45, 7) is 4.36. The Labute approximate surface area is 363 Å². The second-order valence-corrected chi connectivity index (χ2v) is 17.9. The minimum atomic E-state index is -0.657. The van der Waals surface area contributed by atoms with E-state index in [0.29, 0.717) is 12.8 Å². The molecule has 1 amide bonds. The topological polar surface area (TPSA) is 69.6 Å². The van der Waals surface area contributed by atoms with Crippen molar-refractivity contribution in [3.8, 4) is 0 Å². The van der Waals surface area contributed by atoms with Gasteiger partial charge < -0.3 is 15.5 Å². The van der Waals surface area contributed by atoms with Gasteiger partial charge in [-0.25, -0.2) is 0 Å². The van der Waals surface area contributed by atoms with Gasteiger partial charge in [0.15, 0.2) is 0 Å². The number of carbonyl (C=O) groups excluding carboxylic acids is 1. The molecule has 0 spiro atoms. The molecule has 4 heteroatoms. The standard InChI is InChI=1S/C54H103NO3/c1-3-5-7-9-11-13-15-17-18-19-20-21-22-23-24-25-26-27-28-29-30-31-32-33-34-35-36-38-40-42-44-46-48-50-54(58)55-52(51-56)53(57)49-47-45-43-41-39-37-16-14-12-10-8-6-4-2/h15,17,19-20,22-23,52-53,56-57H,3-14,16,18,21,24-51H2,1-2H3,(H,55,58)/b17-15-,20-19-,23-22-. The molecule has 0 bridgehead atoms. The first-order valence-corrected chi connectivity index (χ1v) is 26.2. The van der Waals surface area contributed by atoms with Crippen LogP contribution < -0.4 is 5.32 Å². The van der Waals surface area contributed by atoms with Crippen molar-refractivity contribution in [1.82, 2.24) is 5.32 Å². The molecule has 0 aliphatic rings. The zero-order chi connectivity index (χ0) is 42.1. The summed E-state index contributed by atoms with van der Waals surface area (Å²) in [6.07, 6.45) is 66.9. The van der Waals surface area contributed by atoms with Gasteiger partial charge in [0.05, 0.1) is 18.8 Å². The van der Waals surface area contributed by atoms with Crippen LogP contribution in [0.5, 0.6) is 0 Å². The molecule has 2 atom stereocenters. The Morgan fingerprint density at radius 2 is 0.707 bits per heavy atom. The average molecular weight is 814 g/mol. The van der Waals surface area contributed by atoms with Gasteiger partial charge in [0.1, 0.15) is 0 Å². The summed E-state index contributed by atoms with van der Waals surface area (Å²) in [4.78, 5) is 12.4. The minimum Gasteiger partial charge on any atom is -0.394 e. The van der Waals surface area contributed by atoms with E-state index >= 15 is 0 Å². The maximum Gasteiger partial charge on any atom is 0.220 e. The summed E-state index contributed by atoms with van der Waals surface area (Å²) in [5, 5.41) is 23.2. The lowest BCUT2D eigenvalue weighted by atomic mass is 10.0. The van der Waals surface area contributed by atoms with Crippen molar-refractivity contribution in [2.45, 2.75) is 296 Å². The normalized spacial score (nSPS) is 13.1. The number of allylic oxidation sites excluding steroid dienone is 6. The number of carbonyl (C=O) groups is 1. The van der Waals surface area contributed by atoms with Crippen LogP contribution in [0.1, 0.15) is 284 Å². The van der Waals surface area contributed by atoms with Crippen LogP contribution in [-0.4, -0.2) is 34.9 Å². The van der Waals surface area contributed by atoms with Crippen molar-refractivity contribution in [2.24, 2.45) is 0 Å². The Kier molecular flexibility index (Phi) is 48.8. The number of hydrogen-bond acceptors (Lipinski definition) is 3. The van der Waals surface area contributed by atoms with Crippen LogP contribution in [0.3, 0.4) is 0 Å². The molecule has 0 aromatic heterocycles. The summed E-state index contributed by atoms with van der Waals surface area (Å²) >= 11 is 0. The SMILES string of the molecule is CCCCCCC/C=C\C/C=C\C/C=C\CCCCCCCCCCCCCCCCCCCCC(=O)NC(CO)C(O)CCCCCCCCCCCCCCC. The van der Waals surface area contributed by atoms with Gasteiger partial charge in [-0.1, -0.05) is 262 Å². The Balaban J connectivity index is 3.42. The van der Waals surface area contributed by atoms with Gasteiger partial charge in [-0.15, -0.1) is 0 Å². The van der Waals surface area contributed by atoms with E-state index < -0.39 is 12.1 Å². The van der Waals surface area contributed by atoms with Crippen molar-refractivity contribution in [1.29, 1.82) is 0 Å². The lowest BCUT2D eigenvalue weighted by Crippen LogP contribution is -2.45. The molecule has 2 unspecified atom stereocenters. The van der Waals surface area contributed by atoms with Crippen LogP contribution in [0.25, 0.3) is 0 Å². The minimum absolute atomic E-state index is 0.0286. The first-order chi connectivity index (χ1) is 28.7. The van der Waals surface area contributed by atoms with Crippen molar-refractivity contribution >= 4 is 5.91 Å². The van der Waals surface area contributed by atoms with Crippen molar-refractivity contribution in [2.75, 3.05) is 6.61 Å². The molecule has 0 aliphatic heterocycles. The summed E-state index contributed by atoms with van der Waals surface area (Å²) in [7, 11) is 0. The lowest BCUT2D eigenvalue weighted by molar-refractivity contribution is -0.123. The van der Waals surface area contributed by atoms with E-state index in [0.717, 1.165) is 38.5 Å². The van der Waals surface area contributed by atoms with E-state index in [1.807, 2.05) is 0 Å². The van der Waals surface area contributed by atoms with Gasteiger partial charge in [-0.3, -0.25) is 4.79 Å². The van der Waals surface area contributed by atoms with Crippen molar-refractivity contribution in [3.63, 3.8) is 0 Å². The molecule has 0 fully saturated rings. The molecule has 0 saturated heterocycles. The molecule has 0 saturated carbocycles. The summed E-state index contributed by atoms with van der Waals surface area (Å²) < 4.78 is 0. The van der Waals surface area contributed by atoms with Crippen LogP contribution >= 0.6 is 0 Å². The number of amides is 1. The molecular weight excluding hydrogens is 711 g/mol. The third-order valence-electron chi connectivity index (χ3n) is 12.2. The van der Waals surface area contributed by atoms with E-state index in [1.165, 1.54) is 218 Å². The smallest absolute Gasteiger partial charge is 0.220 e.